The number of rotatable bonds is 8. The summed E-state index contributed by atoms with van der Waals surface area (Å²) in [6.07, 6.45) is -0.765. The summed E-state index contributed by atoms with van der Waals surface area (Å²) in [5.41, 5.74) is 7.05. The Morgan fingerprint density at radius 2 is 1.97 bits per heavy atom. The predicted molar refractivity (Wildman–Crippen MR) is 124 cm³/mol. The van der Waals surface area contributed by atoms with E-state index in [0.717, 1.165) is 70.7 Å². The van der Waals surface area contributed by atoms with Gasteiger partial charge >= 0.3 is 6.18 Å². The van der Waals surface area contributed by atoms with Crippen molar-refractivity contribution in [3.05, 3.63) is 47.7 Å². The first kappa shape index (κ1) is 24.5. The fraction of sp³-hybridized carbons (Fsp3) is 0.520. The number of nitrogens with one attached hydrogen (secondary N) is 1. The molecule has 1 aliphatic heterocycles. The molecule has 2 fully saturated rings. The number of nitrogens with zero attached hydrogens (tertiary/aromatic N) is 2. The third-order valence-corrected chi connectivity index (χ3v) is 6.70. The molecular formula is C25H31F3N4O2. The molecule has 1 atom stereocenters. The summed E-state index contributed by atoms with van der Waals surface area (Å²) in [4.78, 5) is 20.2. The third kappa shape index (κ3) is 5.88. The molecule has 1 saturated heterocycles. The number of halogens is 3. The molecule has 1 aromatic heterocycles. The maximum Gasteiger partial charge on any atom is 0.416 e. The van der Waals surface area contributed by atoms with Gasteiger partial charge in [-0.25, -0.2) is 4.98 Å². The van der Waals surface area contributed by atoms with Crippen LogP contribution in [0, 0.1) is 5.92 Å². The molecule has 0 bridgehead atoms. The Bertz CT molecular complexity index is 988. The zero-order chi connectivity index (χ0) is 24.1. The minimum atomic E-state index is -4.44. The molecule has 0 spiro atoms. The second kappa shape index (κ2) is 10.7. The van der Waals surface area contributed by atoms with Gasteiger partial charge in [-0.1, -0.05) is 18.6 Å². The van der Waals surface area contributed by atoms with Crippen LogP contribution in [0.25, 0.3) is 11.3 Å². The molecule has 34 heavy (non-hydrogen) atoms. The lowest BCUT2D eigenvalue weighted by Crippen LogP contribution is -2.40. The number of pyridine rings is 1. The van der Waals surface area contributed by atoms with Crippen LogP contribution in [0.4, 0.5) is 18.9 Å². The van der Waals surface area contributed by atoms with E-state index in [9.17, 15) is 18.0 Å². The molecule has 1 unspecified atom stereocenters. The van der Waals surface area contributed by atoms with Gasteiger partial charge in [0.1, 0.15) is 0 Å². The van der Waals surface area contributed by atoms with Gasteiger partial charge in [0.15, 0.2) is 0 Å². The van der Waals surface area contributed by atoms with E-state index in [2.05, 4.69) is 15.2 Å². The number of amides is 1. The highest BCUT2D eigenvalue weighted by atomic mass is 19.4. The highest BCUT2D eigenvalue weighted by Crippen LogP contribution is 2.41. The zero-order valence-electron chi connectivity index (χ0n) is 19.1. The van der Waals surface area contributed by atoms with Crippen LogP contribution in [0.3, 0.4) is 0 Å². The fourth-order valence-electron chi connectivity index (χ4n) is 4.53. The summed E-state index contributed by atoms with van der Waals surface area (Å²) >= 11 is 0. The summed E-state index contributed by atoms with van der Waals surface area (Å²) in [5, 5.41) is 3.04. The van der Waals surface area contributed by atoms with E-state index in [0.29, 0.717) is 29.2 Å². The highest BCUT2D eigenvalue weighted by Gasteiger charge is 2.36. The van der Waals surface area contributed by atoms with Crippen LogP contribution in [0.1, 0.15) is 42.9 Å². The third-order valence-electron chi connectivity index (χ3n) is 6.70. The lowest BCUT2D eigenvalue weighted by molar-refractivity contribution is -0.137. The van der Waals surface area contributed by atoms with Crippen LogP contribution in [0.2, 0.25) is 0 Å². The molecule has 2 aromatic rings. The van der Waals surface area contributed by atoms with Crippen molar-refractivity contribution in [3.8, 4) is 11.3 Å². The second-order valence-corrected chi connectivity index (χ2v) is 9.02. The van der Waals surface area contributed by atoms with Gasteiger partial charge in [-0.05, 0) is 56.0 Å². The molecule has 1 saturated carbocycles. The summed E-state index contributed by atoms with van der Waals surface area (Å²) in [7, 11) is 0. The second-order valence-electron chi connectivity index (χ2n) is 9.02. The first-order valence-electron chi connectivity index (χ1n) is 11.8. The van der Waals surface area contributed by atoms with Crippen molar-refractivity contribution in [3.63, 3.8) is 0 Å². The lowest BCUT2D eigenvalue weighted by Gasteiger charge is -2.33. The molecule has 2 aliphatic rings. The number of benzene rings is 1. The van der Waals surface area contributed by atoms with E-state index in [1.54, 1.807) is 18.2 Å². The van der Waals surface area contributed by atoms with Crippen LogP contribution in [0.15, 0.2) is 36.4 Å². The highest BCUT2D eigenvalue weighted by molar-refractivity contribution is 5.85. The van der Waals surface area contributed by atoms with Gasteiger partial charge < -0.3 is 15.8 Å². The topological polar surface area (TPSA) is 80.5 Å². The number of hydrogen-bond acceptors (Lipinski definition) is 5. The number of nitrogens with two attached hydrogens (primary N) is 1. The van der Waals surface area contributed by atoms with Gasteiger partial charge in [-0.2, -0.15) is 13.2 Å². The molecule has 3 N–H and O–H groups in total. The molecule has 4 rings (SSSR count). The summed E-state index contributed by atoms with van der Waals surface area (Å²) in [6, 6.07) is 8.29. The molecular weight excluding hydrogens is 445 g/mol. The van der Waals surface area contributed by atoms with E-state index in [-0.39, 0.29) is 11.8 Å². The average Bonchev–Trinajstić information content (AvgIpc) is 2.79. The Hall–Kier alpha value is -2.65. The predicted octanol–water partition coefficient (Wildman–Crippen LogP) is 4.07. The number of nitrogen functional groups attached to an aromatic ring is 1. The van der Waals surface area contributed by atoms with Gasteiger partial charge in [0, 0.05) is 25.2 Å². The first-order valence-corrected chi connectivity index (χ1v) is 11.8. The average molecular weight is 477 g/mol. The number of hydrogen-bond donors (Lipinski definition) is 2. The van der Waals surface area contributed by atoms with Crippen molar-refractivity contribution in [1.29, 1.82) is 0 Å². The maximum atomic E-state index is 13.2. The Morgan fingerprint density at radius 1 is 1.21 bits per heavy atom. The Kier molecular flexibility index (Phi) is 7.73. The molecule has 1 aliphatic carbocycles. The van der Waals surface area contributed by atoms with Crippen molar-refractivity contribution in [1.82, 2.24) is 15.2 Å². The normalized spacial score (nSPS) is 18.3. The maximum absolute atomic E-state index is 13.2. The smallest absolute Gasteiger partial charge is 0.397 e. The minimum absolute atomic E-state index is 0.118. The van der Waals surface area contributed by atoms with E-state index >= 15 is 0 Å². The van der Waals surface area contributed by atoms with Crippen molar-refractivity contribution in [2.24, 2.45) is 5.92 Å². The number of morpholine rings is 1. The summed E-state index contributed by atoms with van der Waals surface area (Å²) < 4.78 is 44.9. The molecule has 6 nitrogen and oxygen atoms in total. The fourth-order valence-corrected chi connectivity index (χ4v) is 4.53. The van der Waals surface area contributed by atoms with Crippen LogP contribution in [-0.2, 0) is 15.7 Å². The van der Waals surface area contributed by atoms with Gasteiger partial charge in [0.05, 0.1) is 41.8 Å². The molecule has 1 aromatic carbocycles. The monoisotopic (exact) mass is 476 g/mol. The largest absolute Gasteiger partial charge is 0.416 e. The van der Waals surface area contributed by atoms with Gasteiger partial charge in [0.2, 0.25) is 5.91 Å². The Morgan fingerprint density at radius 3 is 2.65 bits per heavy atom. The SMILES string of the molecule is Nc1ccc(-c2cccc(C(F)(F)F)c2)nc1C(C(=O)NCCCN1CCOCC1)C1CCC1. The number of carbonyl (C=O) groups is 1. The molecule has 1 amide bonds. The Balaban J connectivity index is 1.49. The van der Waals surface area contributed by atoms with Crippen molar-refractivity contribution in [2.45, 2.75) is 37.8 Å². The van der Waals surface area contributed by atoms with Crippen LogP contribution in [0.5, 0.6) is 0 Å². The van der Waals surface area contributed by atoms with Crippen LogP contribution >= 0.6 is 0 Å². The van der Waals surface area contributed by atoms with Gasteiger partial charge in [-0.3, -0.25) is 9.69 Å². The number of alkyl halides is 3. The van der Waals surface area contributed by atoms with Crippen molar-refractivity contribution < 1.29 is 22.7 Å². The van der Waals surface area contributed by atoms with Gasteiger partial charge in [-0.15, -0.1) is 0 Å². The number of carbonyl (C=O) groups excluding carboxylic acids is 1. The lowest BCUT2D eigenvalue weighted by atomic mass is 9.73. The number of anilines is 1. The van der Waals surface area contributed by atoms with Crippen molar-refractivity contribution in [2.75, 3.05) is 45.1 Å². The van der Waals surface area contributed by atoms with E-state index < -0.39 is 17.7 Å². The van der Waals surface area contributed by atoms with E-state index in [4.69, 9.17) is 10.5 Å². The van der Waals surface area contributed by atoms with Crippen LogP contribution < -0.4 is 11.1 Å². The molecule has 2 heterocycles. The minimum Gasteiger partial charge on any atom is -0.397 e. The zero-order valence-corrected chi connectivity index (χ0v) is 19.1. The summed E-state index contributed by atoms with van der Waals surface area (Å²) in [5.74, 6) is -0.499. The van der Waals surface area contributed by atoms with Crippen LogP contribution in [-0.4, -0.2) is 55.2 Å². The quantitative estimate of drug-likeness (QED) is 0.562. The van der Waals surface area contributed by atoms with E-state index in [1.807, 2.05) is 0 Å². The molecule has 9 heteroatoms. The molecule has 184 valence electrons. The first-order chi connectivity index (χ1) is 16.3. The van der Waals surface area contributed by atoms with Crippen molar-refractivity contribution >= 4 is 11.6 Å². The Labute approximate surface area is 197 Å². The number of aromatic nitrogens is 1. The van der Waals surface area contributed by atoms with Gasteiger partial charge in [0.25, 0.3) is 0 Å². The number of ether oxygens (including phenoxy) is 1. The molecule has 0 radical (unpaired) electrons. The standard InChI is InChI=1S/C25H31F3N4O2/c26-25(27,28)19-7-2-6-18(16-19)21-9-8-20(29)23(31-21)22(17-4-1-5-17)24(33)30-10-3-11-32-12-14-34-15-13-32/h2,6-9,16-17,22H,1,3-5,10-15,29H2,(H,30,33). The van der Waals surface area contributed by atoms with E-state index in [1.165, 1.54) is 6.07 Å². The summed E-state index contributed by atoms with van der Waals surface area (Å²) in [6.45, 7) is 4.73.